The molecule has 0 amide bonds. The third-order valence-corrected chi connectivity index (χ3v) is 2.44. The van der Waals surface area contributed by atoms with Crippen molar-refractivity contribution in [3.63, 3.8) is 0 Å². The summed E-state index contributed by atoms with van der Waals surface area (Å²) in [4.78, 5) is 3.88. The molecule has 1 rings (SSSR count). The van der Waals surface area contributed by atoms with E-state index in [9.17, 15) is 0 Å². The van der Waals surface area contributed by atoms with Gasteiger partial charge in [0.1, 0.15) is 5.15 Å². The van der Waals surface area contributed by atoms with Gasteiger partial charge < -0.3 is 10.4 Å². The van der Waals surface area contributed by atoms with Gasteiger partial charge in [-0.2, -0.15) is 0 Å². The molecule has 0 aliphatic carbocycles. The Morgan fingerprint density at radius 1 is 1.62 bits per heavy atom. The molecule has 13 heavy (non-hydrogen) atoms. The summed E-state index contributed by atoms with van der Waals surface area (Å²) in [5.41, 5.74) is 0.819. The molecule has 72 valence electrons. The first-order valence-electron chi connectivity index (χ1n) is 3.78. The number of aromatic nitrogens is 1. The molecule has 2 N–H and O–H groups in total. The lowest BCUT2D eigenvalue weighted by Gasteiger charge is -2.13. The zero-order valence-corrected chi connectivity index (χ0v) is 8.60. The molecular weight excluding hydrogens is 211 g/mol. The van der Waals surface area contributed by atoms with Crippen LogP contribution in [0.4, 0.5) is 0 Å². The zero-order chi connectivity index (χ0) is 9.84. The summed E-state index contributed by atoms with van der Waals surface area (Å²) in [6, 6.07) is 1.54. The van der Waals surface area contributed by atoms with Crippen molar-refractivity contribution in [1.82, 2.24) is 10.3 Å². The monoisotopic (exact) mass is 220 g/mol. The highest BCUT2D eigenvalue weighted by molar-refractivity contribution is 6.41. The maximum Gasteiger partial charge on any atom is 0.147 e. The van der Waals surface area contributed by atoms with Crippen LogP contribution >= 0.6 is 23.2 Å². The molecule has 1 aromatic rings. The predicted octanol–water partition coefficient (Wildman–Crippen LogP) is 1.64. The van der Waals surface area contributed by atoms with E-state index in [0.29, 0.717) is 5.02 Å². The normalized spacial score (nSPS) is 12.9. The summed E-state index contributed by atoms with van der Waals surface area (Å²) in [6.07, 6.45) is 1.59. The summed E-state index contributed by atoms with van der Waals surface area (Å²) in [6.45, 7) is -0.00383. The van der Waals surface area contributed by atoms with Crippen LogP contribution in [-0.4, -0.2) is 23.7 Å². The number of nitrogens with zero attached hydrogens (tertiary/aromatic N) is 1. The fraction of sp³-hybridized carbons (Fsp3) is 0.375. The average molecular weight is 221 g/mol. The lowest BCUT2D eigenvalue weighted by Crippen LogP contribution is -2.20. The molecule has 1 aromatic heterocycles. The van der Waals surface area contributed by atoms with Gasteiger partial charge >= 0.3 is 0 Å². The van der Waals surface area contributed by atoms with Gasteiger partial charge in [0.05, 0.1) is 17.7 Å². The molecule has 0 spiro atoms. The Kier molecular flexibility index (Phi) is 3.93. The number of hydrogen-bond acceptors (Lipinski definition) is 3. The second kappa shape index (κ2) is 4.77. The van der Waals surface area contributed by atoms with E-state index in [1.165, 1.54) is 0 Å². The van der Waals surface area contributed by atoms with Crippen molar-refractivity contribution in [2.75, 3.05) is 13.7 Å². The van der Waals surface area contributed by atoms with Gasteiger partial charge in [0.2, 0.25) is 0 Å². The zero-order valence-electron chi connectivity index (χ0n) is 7.09. The second-order valence-corrected chi connectivity index (χ2v) is 3.33. The maximum atomic E-state index is 8.97. The minimum Gasteiger partial charge on any atom is -0.394 e. The van der Waals surface area contributed by atoms with Gasteiger partial charge in [-0.05, 0) is 18.7 Å². The lowest BCUT2D eigenvalue weighted by molar-refractivity contribution is 0.251. The van der Waals surface area contributed by atoms with Crippen molar-refractivity contribution in [3.05, 3.63) is 28.0 Å². The van der Waals surface area contributed by atoms with Crippen LogP contribution in [0.15, 0.2) is 12.3 Å². The number of nitrogens with one attached hydrogen (secondary N) is 1. The number of hydrogen-bond donors (Lipinski definition) is 2. The molecule has 0 saturated carbocycles. The van der Waals surface area contributed by atoms with Crippen LogP contribution in [0.5, 0.6) is 0 Å². The summed E-state index contributed by atoms with van der Waals surface area (Å²) < 4.78 is 0. The Morgan fingerprint density at radius 2 is 2.31 bits per heavy atom. The topological polar surface area (TPSA) is 45.1 Å². The molecule has 0 aliphatic heterocycles. The van der Waals surface area contributed by atoms with E-state index in [1.54, 1.807) is 19.3 Å². The standard InChI is InChI=1S/C8H10Cl2N2O/c1-11-7(4-13)5-2-6(9)8(10)12-3-5/h2-3,7,11,13H,4H2,1H3. The van der Waals surface area contributed by atoms with E-state index in [4.69, 9.17) is 28.3 Å². The highest BCUT2D eigenvalue weighted by atomic mass is 35.5. The molecule has 1 atom stereocenters. The molecule has 3 nitrogen and oxygen atoms in total. The van der Waals surface area contributed by atoms with Gasteiger partial charge in [-0.3, -0.25) is 0 Å². The number of likely N-dealkylation sites (N-methyl/N-ethyl adjacent to an activating group) is 1. The Hall–Kier alpha value is -0.350. The van der Waals surface area contributed by atoms with E-state index < -0.39 is 0 Å². The highest BCUT2D eigenvalue weighted by Gasteiger charge is 2.09. The first kappa shape index (κ1) is 10.7. The Balaban J connectivity index is 2.95. The summed E-state index contributed by atoms with van der Waals surface area (Å²) >= 11 is 11.4. The van der Waals surface area contributed by atoms with Crippen molar-refractivity contribution in [3.8, 4) is 0 Å². The van der Waals surface area contributed by atoms with Crippen molar-refractivity contribution in [1.29, 1.82) is 0 Å². The van der Waals surface area contributed by atoms with E-state index in [0.717, 1.165) is 5.56 Å². The van der Waals surface area contributed by atoms with Gasteiger partial charge in [-0.25, -0.2) is 4.98 Å². The van der Waals surface area contributed by atoms with Crippen molar-refractivity contribution < 1.29 is 5.11 Å². The molecular formula is C8H10Cl2N2O. The molecule has 0 aromatic carbocycles. The molecule has 0 saturated heterocycles. The Morgan fingerprint density at radius 3 is 2.77 bits per heavy atom. The number of rotatable bonds is 3. The van der Waals surface area contributed by atoms with E-state index in [2.05, 4.69) is 10.3 Å². The minimum absolute atomic E-state index is 0.00383. The van der Waals surface area contributed by atoms with Crippen LogP contribution in [0.3, 0.4) is 0 Å². The number of pyridine rings is 1. The number of aliphatic hydroxyl groups excluding tert-OH is 1. The quantitative estimate of drug-likeness (QED) is 0.762. The second-order valence-electron chi connectivity index (χ2n) is 2.57. The highest BCUT2D eigenvalue weighted by Crippen LogP contribution is 2.22. The van der Waals surface area contributed by atoms with Crippen molar-refractivity contribution in [2.45, 2.75) is 6.04 Å². The smallest absolute Gasteiger partial charge is 0.147 e. The molecule has 0 fully saturated rings. The SMILES string of the molecule is CNC(CO)c1cnc(Cl)c(Cl)c1. The molecule has 0 bridgehead atoms. The van der Waals surface area contributed by atoms with Gasteiger partial charge in [0, 0.05) is 6.20 Å². The molecule has 1 heterocycles. The van der Waals surface area contributed by atoms with Crippen LogP contribution < -0.4 is 5.32 Å². The fourth-order valence-corrected chi connectivity index (χ4v) is 1.27. The number of aliphatic hydroxyl groups is 1. The average Bonchev–Trinajstić information content (AvgIpc) is 2.13. The number of halogens is 2. The van der Waals surface area contributed by atoms with Crippen LogP contribution in [0.2, 0.25) is 10.2 Å². The van der Waals surface area contributed by atoms with Gasteiger partial charge in [-0.15, -0.1) is 0 Å². The fourth-order valence-electron chi connectivity index (χ4n) is 0.990. The lowest BCUT2D eigenvalue weighted by atomic mass is 10.1. The maximum absolute atomic E-state index is 8.97. The molecule has 0 radical (unpaired) electrons. The third kappa shape index (κ3) is 2.54. The molecule has 1 unspecified atom stereocenters. The van der Waals surface area contributed by atoms with E-state index >= 15 is 0 Å². The largest absolute Gasteiger partial charge is 0.394 e. The Labute approximate surface area is 86.7 Å². The van der Waals surface area contributed by atoms with Crippen LogP contribution in [0.25, 0.3) is 0 Å². The molecule has 0 aliphatic rings. The van der Waals surface area contributed by atoms with Gasteiger partial charge in [0.15, 0.2) is 0 Å². The van der Waals surface area contributed by atoms with Crippen LogP contribution in [0.1, 0.15) is 11.6 Å². The first-order chi connectivity index (χ1) is 6.19. The van der Waals surface area contributed by atoms with Crippen molar-refractivity contribution in [2.24, 2.45) is 0 Å². The minimum atomic E-state index is -0.151. The third-order valence-electron chi connectivity index (χ3n) is 1.75. The molecule has 5 heteroatoms. The van der Waals surface area contributed by atoms with Crippen LogP contribution in [0, 0.1) is 0 Å². The summed E-state index contributed by atoms with van der Waals surface area (Å²) in [5.74, 6) is 0. The summed E-state index contributed by atoms with van der Waals surface area (Å²) in [5, 5.41) is 12.6. The van der Waals surface area contributed by atoms with E-state index in [1.807, 2.05) is 0 Å². The Bertz CT molecular complexity index is 289. The van der Waals surface area contributed by atoms with Gasteiger partial charge in [0.25, 0.3) is 0 Å². The van der Waals surface area contributed by atoms with E-state index in [-0.39, 0.29) is 17.8 Å². The van der Waals surface area contributed by atoms with Gasteiger partial charge in [-0.1, -0.05) is 23.2 Å². The van der Waals surface area contributed by atoms with Crippen LogP contribution in [-0.2, 0) is 0 Å². The van der Waals surface area contributed by atoms with Crippen molar-refractivity contribution >= 4 is 23.2 Å². The first-order valence-corrected chi connectivity index (χ1v) is 4.53. The predicted molar refractivity (Wildman–Crippen MR) is 53.1 cm³/mol. The summed E-state index contributed by atoms with van der Waals surface area (Å²) in [7, 11) is 1.75.